The van der Waals surface area contributed by atoms with Gasteiger partial charge in [0.05, 0.1) is 5.69 Å². The Bertz CT molecular complexity index is 832. The maximum Gasteiger partial charge on any atom is 0.264 e. The lowest BCUT2D eigenvalue weighted by atomic mass is 10.1. The fourth-order valence-electron chi connectivity index (χ4n) is 2.15. The van der Waals surface area contributed by atoms with E-state index in [1.54, 1.807) is 12.1 Å². The van der Waals surface area contributed by atoms with Crippen LogP contribution in [0.4, 0.5) is 5.13 Å². The number of nitrogens with zero attached hydrogens (tertiary/aromatic N) is 1. The van der Waals surface area contributed by atoms with Gasteiger partial charge in [0.15, 0.2) is 11.7 Å². The van der Waals surface area contributed by atoms with Crippen molar-refractivity contribution in [2.75, 3.05) is 11.9 Å². The van der Waals surface area contributed by atoms with Crippen LogP contribution in [0.1, 0.15) is 4.88 Å². The molecule has 2 aromatic carbocycles. The molecule has 3 rings (SSSR count). The lowest BCUT2D eigenvalue weighted by molar-refractivity contribution is -0.118. The molecule has 0 aliphatic carbocycles. The van der Waals surface area contributed by atoms with Crippen molar-refractivity contribution in [1.29, 1.82) is 0 Å². The lowest BCUT2D eigenvalue weighted by Crippen LogP contribution is -2.19. The van der Waals surface area contributed by atoms with Gasteiger partial charge < -0.3 is 4.74 Å². The number of nitrogens with one attached hydrogen (secondary N) is 1. The van der Waals surface area contributed by atoms with E-state index >= 15 is 0 Å². The summed E-state index contributed by atoms with van der Waals surface area (Å²) in [7, 11) is 0. The van der Waals surface area contributed by atoms with Crippen LogP contribution in [0.2, 0.25) is 5.02 Å². The third-order valence-electron chi connectivity index (χ3n) is 3.27. The quantitative estimate of drug-likeness (QED) is 0.713. The highest BCUT2D eigenvalue weighted by molar-refractivity contribution is 7.16. The Kier molecular flexibility index (Phi) is 5.13. The second kappa shape index (κ2) is 7.47. The molecule has 0 aliphatic rings. The van der Waals surface area contributed by atoms with Crippen LogP contribution in [-0.4, -0.2) is 17.5 Å². The number of carbonyl (C=O) groups excluding carboxylic acids is 1. The molecular formula is C18H15ClN2O2S. The van der Waals surface area contributed by atoms with Crippen LogP contribution < -0.4 is 10.1 Å². The van der Waals surface area contributed by atoms with Gasteiger partial charge in [0.25, 0.3) is 5.91 Å². The van der Waals surface area contributed by atoms with E-state index in [1.807, 2.05) is 49.4 Å². The second-order valence-corrected chi connectivity index (χ2v) is 6.72. The molecule has 0 saturated carbocycles. The van der Waals surface area contributed by atoms with E-state index in [9.17, 15) is 4.79 Å². The molecule has 24 heavy (non-hydrogen) atoms. The lowest BCUT2D eigenvalue weighted by Gasteiger charge is -2.05. The van der Waals surface area contributed by atoms with E-state index in [0.717, 1.165) is 16.1 Å². The molecule has 3 aromatic rings. The fourth-order valence-corrected chi connectivity index (χ4v) is 3.12. The van der Waals surface area contributed by atoms with Crippen molar-refractivity contribution >= 4 is 34.0 Å². The number of benzene rings is 2. The molecule has 122 valence electrons. The highest BCUT2D eigenvalue weighted by Crippen LogP contribution is 2.30. The monoisotopic (exact) mass is 358 g/mol. The number of halogens is 1. The Balaban J connectivity index is 1.64. The highest BCUT2D eigenvalue weighted by Gasteiger charge is 2.12. The molecule has 0 aliphatic heterocycles. The molecule has 6 heteroatoms. The van der Waals surface area contributed by atoms with E-state index in [2.05, 4.69) is 10.3 Å². The zero-order valence-electron chi connectivity index (χ0n) is 13.0. The molecule has 1 N–H and O–H groups in total. The maximum atomic E-state index is 12.0. The Hall–Kier alpha value is -2.37. The number of carbonyl (C=O) groups is 1. The third kappa shape index (κ3) is 4.13. The summed E-state index contributed by atoms with van der Waals surface area (Å²) >= 11 is 7.34. The number of aromatic nitrogens is 1. The minimum atomic E-state index is -0.241. The van der Waals surface area contributed by atoms with Crippen LogP contribution in [0, 0.1) is 6.92 Å². The number of hydrogen-bond acceptors (Lipinski definition) is 4. The summed E-state index contributed by atoms with van der Waals surface area (Å²) in [5.41, 5.74) is 1.81. The zero-order chi connectivity index (χ0) is 16.9. The Morgan fingerprint density at radius 3 is 2.58 bits per heavy atom. The number of amides is 1. The molecule has 0 unspecified atom stereocenters. The van der Waals surface area contributed by atoms with Crippen molar-refractivity contribution in [3.05, 3.63) is 64.5 Å². The molecule has 0 spiro atoms. The van der Waals surface area contributed by atoms with Gasteiger partial charge >= 0.3 is 0 Å². The van der Waals surface area contributed by atoms with Crippen molar-refractivity contribution < 1.29 is 9.53 Å². The van der Waals surface area contributed by atoms with Crippen LogP contribution in [0.3, 0.4) is 0 Å². The summed E-state index contributed by atoms with van der Waals surface area (Å²) in [6.45, 7) is 1.91. The first-order valence-electron chi connectivity index (χ1n) is 7.33. The Morgan fingerprint density at radius 2 is 1.88 bits per heavy atom. The first-order chi connectivity index (χ1) is 11.6. The highest BCUT2D eigenvalue weighted by atomic mass is 35.5. The number of hydrogen-bond donors (Lipinski definition) is 1. The molecule has 0 bridgehead atoms. The van der Waals surface area contributed by atoms with Gasteiger partial charge in [0.2, 0.25) is 0 Å². The van der Waals surface area contributed by atoms with Crippen LogP contribution >= 0.6 is 22.9 Å². The van der Waals surface area contributed by atoms with Crippen LogP contribution in [0.25, 0.3) is 11.3 Å². The van der Waals surface area contributed by atoms with E-state index in [-0.39, 0.29) is 12.5 Å². The first kappa shape index (κ1) is 16.5. The molecule has 1 aromatic heterocycles. The van der Waals surface area contributed by atoms with Crippen LogP contribution in [-0.2, 0) is 4.79 Å². The van der Waals surface area contributed by atoms with Crippen molar-refractivity contribution in [3.63, 3.8) is 0 Å². The van der Waals surface area contributed by atoms with Gasteiger partial charge in [-0.25, -0.2) is 4.98 Å². The zero-order valence-corrected chi connectivity index (χ0v) is 14.5. The number of rotatable bonds is 5. The van der Waals surface area contributed by atoms with Gasteiger partial charge in [-0.1, -0.05) is 41.9 Å². The number of aryl methyl sites for hydroxylation is 1. The minimum absolute atomic E-state index is 0.0566. The first-order valence-corrected chi connectivity index (χ1v) is 8.52. The predicted molar refractivity (Wildman–Crippen MR) is 97.9 cm³/mol. The number of ether oxygens (including phenoxy) is 1. The van der Waals surface area contributed by atoms with Gasteiger partial charge in [0.1, 0.15) is 5.75 Å². The third-order valence-corrected chi connectivity index (χ3v) is 4.41. The molecule has 0 atom stereocenters. The summed E-state index contributed by atoms with van der Waals surface area (Å²) < 4.78 is 5.42. The molecule has 4 nitrogen and oxygen atoms in total. The number of anilines is 1. The predicted octanol–water partition coefficient (Wildman–Crippen LogP) is 4.79. The standard InChI is InChI=1S/C18H15ClN2O2S/c1-12-17(13-7-9-14(19)10-8-13)21-18(24-12)20-16(22)11-23-15-5-3-2-4-6-15/h2-10H,11H2,1H3,(H,20,21,22). The topological polar surface area (TPSA) is 51.2 Å². The summed E-state index contributed by atoms with van der Waals surface area (Å²) in [6, 6.07) is 16.7. The normalized spacial score (nSPS) is 10.4. The average Bonchev–Trinajstić information content (AvgIpc) is 2.95. The van der Waals surface area contributed by atoms with Gasteiger partial charge in [-0.05, 0) is 31.2 Å². The van der Waals surface area contributed by atoms with Gasteiger partial charge in [-0.15, -0.1) is 11.3 Å². The molecule has 1 amide bonds. The SMILES string of the molecule is Cc1sc(NC(=O)COc2ccccc2)nc1-c1ccc(Cl)cc1. The molecule has 0 fully saturated rings. The van der Waals surface area contributed by atoms with Gasteiger partial charge in [0, 0.05) is 15.5 Å². The second-order valence-electron chi connectivity index (χ2n) is 5.08. The summed E-state index contributed by atoms with van der Waals surface area (Å²) in [4.78, 5) is 17.5. The molecule has 0 radical (unpaired) electrons. The van der Waals surface area contributed by atoms with E-state index in [1.165, 1.54) is 11.3 Å². The number of para-hydroxylation sites is 1. The van der Waals surface area contributed by atoms with Crippen molar-refractivity contribution in [2.45, 2.75) is 6.92 Å². The molecular weight excluding hydrogens is 344 g/mol. The maximum absolute atomic E-state index is 12.0. The molecule has 1 heterocycles. The Morgan fingerprint density at radius 1 is 1.17 bits per heavy atom. The summed E-state index contributed by atoms with van der Waals surface area (Å²) in [6.07, 6.45) is 0. The summed E-state index contributed by atoms with van der Waals surface area (Å²) in [5, 5.41) is 4.01. The van der Waals surface area contributed by atoms with Crippen LogP contribution in [0.15, 0.2) is 54.6 Å². The largest absolute Gasteiger partial charge is 0.484 e. The molecule has 0 saturated heterocycles. The smallest absolute Gasteiger partial charge is 0.264 e. The van der Waals surface area contributed by atoms with Gasteiger partial charge in [-0.3, -0.25) is 10.1 Å². The van der Waals surface area contributed by atoms with Crippen molar-refractivity contribution in [1.82, 2.24) is 4.98 Å². The fraction of sp³-hybridized carbons (Fsp3) is 0.111. The summed E-state index contributed by atoms with van der Waals surface area (Å²) in [5.74, 6) is 0.417. The van der Waals surface area contributed by atoms with Crippen molar-refractivity contribution in [2.24, 2.45) is 0 Å². The minimum Gasteiger partial charge on any atom is -0.484 e. The van der Waals surface area contributed by atoms with Crippen LogP contribution in [0.5, 0.6) is 5.75 Å². The van der Waals surface area contributed by atoms with Crippen molar-refractivity contribution in [3.8, 4) is 17.0 Å². The average molecular weight is 359 g/mol. The van der Waals surface area contributed by atoms with Gasteiger partial charge in [-0.2, -0.15) is 0 Å². The van der Waals surface area contributed by atoms with E-state index in [0.29, 0.717) is 15.9 Å². The van der Waals surface area contributed by atoms with E-state index < -0.39 is 0 Å². The number of thiazole rings is 1. The Labute approximate surface area is 149 Å². The van der Waals surface area contributed by atoms with E-state index in [4.69, 9.17) is 16.3 Å².